The molecule has 2 amide bonds. The molecule has 1 aromatic carbocycles. The van der Waals surface area contributed by atoms with E-state index in [0.29, 0.717) is 12.2 Å². The van der Waals surface area contributed by atoms with Gasteiger partial charge < -0.3 is 14.2 Å². The molecule has 27 heavy (non-hydrogen) atoms. The van der Waals surface area contributed by atoms with Gasteiger partial charge in [0.05, 0.1) is 32.6 Å². The molecule has 2 rings (SSSR count). The zero-order valence-corrected chi connectivity index (χ0v) is 16.3. The molecule has 1 aromatic rings. The zero-order chi connectivity index (χ0) is 20.2. The Kier molecular flexibility index (Phi) is 6.30. The third-order valence-corrected chi connectivity index (χ3v) is 4.00. The van der Waals surface area contributed by atoms with Gasteiger partial charge in [-0.2, -0.15) is 0 Å². The molecule has 0 heterocycles. The van der Waals surface area contributed by atoms with Crippen molar-refractivity contribution in [3.8, 4) is 5.75 Å². The molecule has 1 saturated carbocycles. The molecular formula is C19H26N2O6. The van der Waals surface area contributed by atoms with Gasteiger partial charge in [-0.25, -0.2) is 15.2 Å². The Morgan fingerprint density at radius 3 is 2.26 bits per heavy atom. The number of nitrogens with one attached hydrogen (secondary N) is 1. The van der Waals surface area contributed by atoms with Crippen LogP contribution in [0.3, 0.4) is 0 Å². The van der Waals surface area contributed by atoms with Crippen molar-refractivity contribution >= 4 is 18.0 Å². The van der Waals surface area contributed by atoms with Crippen LogP contribution in [0.4, 0.5) is 4.79 Å². The summed E-state index contributed by atoms with van der Waals surface area (Å²) in [6, 6.07) is 7.11. The van der Waals surface area contributed by atoms with Crippen molar-refractivity contribution in [2.45, 2.75) is 39.3 Å². The molecule has 0 saturated heterocycles. The predicted molar refractivity (Wildman–Crippen MR) is 96.5 cm³/mol. The fourth-order valence-corrected chi connectivity index (χ4v) is 2.58. The van der Waals surface area contributed by atoms with Gasteiger partial charge in [-0.1, -0.05) is 12.1 Å². The molecule has 148 valence electrons. The van der Waals surface area contributed by atoms with Crippen molar-refractivity contribution in [3.63, 3.8) is 0 Å². The van der Waals surface area contributed by atoms with E-state index < -0.39 is 29.5 Å². The normalized spacial score (nSPS) is 18.3. The fraction of sp³-hybridized carbons (Fsp3) is 0.526. The summed E-state index contributed by atoms with van der Waals surface area (Å²) in [4.78, 5) is 36.6. The second-order valence-electron chi connectivity index (χ2n) is 7.36. The van der Waals surface area contributed by atoms with E-state index in [0.717, 1.165) is 5.56 Å². The van der Waals surface area contributed by atoms with E-state index in [1.165, 1.54) is 12.1 Å². The first kappa shape index (κ1) is 20.5. The summed E-state index contributed by atoms with van der Waals surface area (Å²) in [6.07, 6.45) is -0.333. The van der Waals surface area contributed by atoms with Crippen molar-refractivity contribution in [2.24, 2.45) is 11.8 Å². The van der Waals surface area contributed by atoms with Crippen LogP contribution >= 0.6 is 0 Å². The van der Waals surface area contributed by atoms with Gasteiger partial charge in [0.15, 0.2) is 0 Å². The quantitative estimate of drug-likeness (QED) is 0.624. The van der Waals surface area contributed by atoms with Crippen LogP contribution in [0.2, 0.25) is 0 Å². The highest BCUT2D eigenvalue weighted by Crippen LogP contribution is 2.40. The maximum absolute atomic E-state index is 12.8. The van der Waals surface area contributed by atoms with Crippen LogP contribution in [-0.2, 0) is 25.6 Å². The molecule has 8 nitrogen and oxygen atoms in total. The van der Waals surface area contributed by atoms with Crippen molar-refractivity contribution in [1.29, 1.82) is 0 Å². The van der Waals surface area contributed by atoms with E-state index in [9.17, 15) is 14.4 Å². The van der Waals surface area contributed by atoms with Crippen molar-refractivity contribution in [3.05, 3.63) is 29.8 Å². The Bertz CT molecular complexity index is 695. The molecule has 0 bridgehead atoms. The van der Waals surface area contributed by atoms with Crippen LogP contribution < -0.4 is 10.2 Å². The SMILES string of the molecule is COC(=O)[C@@H]1C[C@@H]1C(=O)N(Cc1ccc(OC)cc1)NC(=O)OC(C)(C)C. The van der Waals surface area contributed by atoms with Gasteiger partial charge in [-0.15, -0.1) is 0 Å². The maximum Gasteiger partial charge on any atom is 0.426 e. The number of benzene rings is 1. The number of nitrogens with zero attached hydrogens (tertiary/aromatic N) is 1. The topological polar surface area (TPSA) is 94.2 Å². The number of rotatable bonds is 5. The maximum atomic E-state index is 12.8. The fourth-order valence-electron chi connectivity index (χ4n) is 2.58. The second-order valence-corrected chi connectivity index (χ2v) is 7.36. The number of ether oxygens (including phenoxy) is 3. The number of methoxy groups -OCH3 is 2. The van der Waals surface area contributed by atoms with Crippen molar-refractivity contribution < 1.29 is 28.6 Å². The molecule has 0 radical (unpaired) electrons. The lowest BCUT2D eigenvalue weighted by molar-refractivity contribution is -0.145. The van der Waals surface area contributed by atoms with E-state index in [1.54, 1.807) is 52.1 Å². The van der Waals surface area contributed by atoms with E-state index in [2.05, 4.69) is 10.2 Å². The molecule has 1 aliphatic carbocycles. The molecule has 0 aliphatic heterocycles. The summed E-state index contributed by atoms with van der Waals surface area (Å²) < 4.78 is 15.0. The smallest absolute Gasteiger partial charge is 0.426 e. The minimum absolute atomic E-state index is 0.131. The summed E-state index contributed by atoms with van der Waals surface area (Å²) in [6.45, 7) is 5.33. The highest BCUT2D eigenvalue weighted by molar-refractivity contribution is 5.90. The van der Waals surface area contributed by atoms with Crippen LogP contribution in [0.25, 0.3) is 0 Å². The van der Waals surface area contributed by atoms with Crippen molar-refractivity contribution in [1.82, 2.24) is 10.4 Å². The van der Waals surface area contributed by atoms with Gasteiger partial charge >= 0.3 is 12.1 Å². The number of esters is 1. The lowest BCUT2D eigenvalue weighted by atomic mass is 10.2. The van der Waals surface area contributed by atoms with E-state index in [-0.39, 0.29) is 12.5 Å². The standard InChI is InChI=1S/C19H26N2O6/c1-19(2,3)27-18(24)20-21(11-12-6-8-13(25-4)9-7-12)16(22)14-10-15(14)17(23)26-5/h6-9,14-15H,10-11H2,1-5H3,(H,20,24)/t14-,15+/m0/s1. The van der Waals surface area contributed by atoms with Crippen LogP contribution in [0, 0.1) is 11.8 Å². The molecule has 8 heteroatoms. The Labute approximate surface area is 158 Å². The molecule has 0 spiro atoms. The average Bonchev–Trinajstić information content (AvgIpc) is 3.39. The number of carbonyl (C=O) groups excluding carboxylic acids is 3. The summed E-state index contributed by atoms with van der Waals surface area (Å²) >= 11 is 0. The molecule has 0 unspecified atom stereocenters. The Morgan fingerprint density at radius 1 is 1.11 bits per heavy atom. The van der Waals surface area contributed by atoms with Gasteiger partial charge in [0.25, 0.3) is 0 Å². The Balaban J connectivity index is 2.11. The predicted octanol–water partition coefficient (Wildman–Crippen LogP) is 2.27. The van der Waals surface area contributed by atoms with E-state index in [4.69, 9.17) is 9.47 Å². The van der Waals surface area contributed by atoms with Gasteiger partial charge in [0.2, 0.25) is 5.91 Å². The Morgan fingerprint density at radius 2 is 1.74 bits per heavy atom. The number of amides is 2. The Hall–Kier alpha value is -2.77. The number of hydrazine groups is 1. The lowest BCUT2D eigenvalue weighted by Gasteiger charge is -2.26. The first-order chi connectivity index (χ1) is 12.6. The molecule has 0 aromatic heterocycles. The molecule has 1 N–H and O–H groups in total. The van der Waals surface area contributed by atoms with Crippen LogP contribution in [0.15, 0.2) is 24.3 Å². The zero-order valence-electron chi connectivity index (χ0n) is 16.3. The minimum atomic E-state index is -0.736. The lowest BCUT2D eigenvalue weighted by Crippen LogP contribution is -2.48. The molecule has 1 fully saturated rings. The van der Waals surface area contributed by atoms with Crippen LogP contribution in [-0.4, -0.2) is 42.8 Å². The molecular weight excluding hydrogens is 352 g/mol. The van der Waals surface area contributed by atoms with Gasteiger partial charge in [0, 0.05) is 0 Å². The highest BCUT2D eigenvalue weighted by Gasteiger charge is 2.50. The minimum Gasteiger partial charge on any atom is -0.497 e. The van der Waals surface area contributed by atoms with E-state index >= 15 is 0 Å². The van der Waals surface area contributed by atoms with Crippen molar-refractivity contribution in [2.75, 3.05) is 14.2 Å². The third kappa shape index (κ3) is 5.87. The van der Waals surface area contributed by atoms with E-state index in [1.807, 2.05) is 0 Å². The average molecular weight is 378 g/mol. The molecule has 2 atom stereocenters. The monoisotopic (exact) mass is 378 g/mol. The van der Waals surface area contributed by atoms with Gasteiger partial charge in [-0.05, 0) is 44.9 Å². The van der Waals surface area contributed by atoms with Gasteiger partial charge in [-0.3, -0.25) is 9.59 Å². The van der Waals surface area contributed by atoms with Crippen LogP contribution in [0.1, 0.15) is 32.8 Å². The molecule has 1 aliphatic rings. The summed E-state index contributed by atoms with van der Waals surface area (Å²) in [5, 5.41) is 1.18. The first-order valence-electron chi connectivity index (χ1n) is 8.66. The second kappa shape index (κ2) is 8.28. The summed E-state index contributed by atoms with van der Waals surface area (Å²) in [7, 11) is 2.85. The van der Waals surface area contributed by atoms with Crippen LogP contribution in [0.5, 0.6) is 5.75 Å². The summed E-state index contributed by atoms with van der Waals surface area (Å²) in [5.74, 6) is -1.07. The van der Waals surface area contributed by atoms with Gasteiger partial charge in [0.1, 0.15) is 11.4 Å². The summed E-state index contributed by atoms with van der Waals surface area (Å²) in [5.41, 5.74) is 2.57. The number of hydrogen-bond acceptors (Lipinski definition) is 6. The largest absolute Gasteiger partial charge is 0.497 e. The number of hydrogen-bond donors (Lipinski definition) is 1. The first-order valence-corrected chi connectivity index (χ1v) is 8.66. The third-order valence-electron chi connectivity index (χ3n) is 4.00. The highest BCUT2D eigenvalue weighted by atomic mass is 16.6. The number of carbonyl (C=O) groups is 3.